The summed E-state index contributed by atoms with van der Waals surface area (Å²) >= 11 is 12.2. The highest BCUT2D eigenvalue weighted by Gasteiger charge is 2.34. The molecule has 6 nitrogen and oxygen atoms in total. The Morgan fingerprint density at radius 1 is 1.00 bits per heavy atom. The molecule has 174 valence electrons. The summed E-state index contributed by atoms with van der Waals surface area (Å²) in [4.78, 5) is 25.4. The quantitative estimate of drug-likeness (QED) is 0.399. The molecule has 0 bridgehead atoms. The lowest BCUT2D eigenvalue weighted by Gasteiger charge is -2.29. The van der Waals surface area contributed by atoms with E-state index in [2.05, 4.69) is 10.6 Å². The number of amides is 2. The van der Waals surface area contributed by atoms with Crippen LogP contribution in [-0.2, 0) is 16.1 Å². The molecule has 3 aromatic rings. The highest BCUT2D eigenvalue weighted by Crippen LogP contribution is 2.33. The smallest absolute Gasteiger partial charge is 0.338 e. The minimum atomic E-state index is -0.692. The van der Waals surface area contributed by atoms with Gasteiger partial charge in [-0.2, -0.15) is 0 Å². The van der Waals surface area contributed by atoms with Gasteiger partial charge in [-0.25, -0.2) is 9.59 Å². The molecule has 0 saturated heterocycles. The predicted octanol–water partition coefficient (Wildman–Crippen LogP) is 5.90. The van der Waals surface area contributed by atoms with Gasteiger partial charge in [0.2, 0.25) is 0 Å². The van der Waals surface area contributed by atoms with E-state index in [9.17, 15) is 9.59 Å². The molecule has 0 spiro atoms. The first-order chi connectivity index (χ1) is 16.5. The molecular formula is C26H22Cl2N2O4. The molecule has 0 aliphatic carbocycles. The maximum absolute atomic E-state index is 12.9. The molecule has 1 aliphatic heterocycles. The molecule has 0 unspecified atom stereocenters. The van der Waals surface area contributed by atoms with Gasteiger partial charge in [-0.3, -0.25) is 0 Å². The van der Waals surface area contributed by atoms with Crippen molar-refractivity contribution in [3.63, 3.8) is 0 Å². The SMILES string of the molecule is CCOC(=O)C1=C(c2ccccc2)NC(=O)N[C@H]1c1ccc(OCc2ccc(Cl)cc2Cl)cc1. The zero-order valence-corrected chi connectivity index (χ0v) is 19.8. The van der Waals surface area contributed by atoms with Crippen molar-refractivity contribution in [1.29, 1.82) is 0 Å². The van der Waals surface area contributed by atoms with Crippen LogP contribution in [0.4, 0.5) is 4.79 Å². The molecule has 1 atom stereocenters. The highest BCUT2D eigenvalue weighted by atomic mass is 35.5. The Balaban J connectivity index is 1.62. The van der Waals surface area contributed by atoms with Crippen molar-refractivity contribution in [3.05, 3.63) is 105 Å². The Morgan fingerprint density at radius 2 is 1.74 bits per heavy atom. The summed E-state index contributed by atoms with van der Waals surface area (Å²) < 4.78 is 11.2. The molecule has 34 heavy (non-hydrogen) atoms. The van der Waals surface area contributed by atoms with Crippen LogP contribution in [0.25, 0.3) is 5.70 Å². The monoisotopic (exact) mass is 496 g/mol. The van der Waals surface area contributed by atoms with Gasteiger partial charge in [-0.1, -0.05) is 71.7 Å². The van der Waals surface area contributed by atoms with Gasteiger partial charge in [0.05, 0.1) is 23.9 Å². The molecule has 3 aromatic carbocycles. The van der Waals surface area contributed by atoms with Crippen LogP contribution >= 0.6 is 23.2 Å². The van der Waals surface area contributed by atoms with E-state index in [0.717, 1.165) is 5.56 Å². The summed E-state index contributed by atoms with van der Waals surface area (Å²) in [6.45, 7) is 2.22. The molecular weight excluding hydrogens is 475 g/mol. The van der Waals surface area contributed by atoms with Crippen LogP contribution in [0.5, 0.6) is 5.75 Å². The summed E-state index contributed by atoms with van der Waals surface area (Å²) in [5.74, 6) is 0.108. The topological polar surface area (TPSA) is 76.7 Å². The van der Waals surface area contributed by atoms with Crippen molar-refractivity contribution < 1.29 is 19.1 Å². The van der Waals surface area contributed by atoms with E-state index in [4.69, 9.17) is 32.7 Å². The number of esters is 1. The lowest BCUT2D eigenvalue weighted by atomic mass is 9.92. The fourth-order valence-electron chi connectivity index (χ4n) is 3.63. The van der Waals surface area contributed by atoms with E-state index < -0.39 is 18.0 Å². The first-order valence-corrected chi connectivity index (χ1v) is 11.4. The number of rotatable bonds is 7. The van der Waals surface area contributed by atoms with Crippen molar-refractivity contribution in [2.24, 2.45) is 0 Å². The van der Waals surface area contributed by atoms with Crippen LogP contribution in [0.15, 0.2) is 78.4 Å². The summed E-state index contributed by atoms with van der Waals surface area (Å²) in [5.41, 5.74) is 2.98. The van der Waals surface area contributed by atoms with Gasteiger partial charge in [0, 0.05) is 15.6 Å². The number of halogens is 2. The van der Waals surface area contributed by atoms with Crippen molar-refractivity contribution in [3.8, 4) is 5.75 Å². The Morgan fingerprint density at radius 3 is 2.41 bits per heavy atom. The third-order valence-electron chi connectivity index (χ3n) is 5.25. The Kier molecular flexibility index (Phi) is 7.40. The number of hydrogen-bond donors (Lipinski definition) is 2. The minimum Gasteiger partial charge on any atom is -0.489 e. The largest absolute Gasteiger partial charge is 0.489 e. The fourth-order valence-corrected chi connectivity index (χ4v) is 4.10. The molecule has 8 heteroatoms. The minimum absolute atomic E-state index is 0.213. The van der Waals surface area contributed by atoms with Gasteiger partial charge < -0.3 is 20.1 Å². The number of carbonyl (C=O) groups excluding carboxylic acids is 2. The second-order valence-electron chi connectivity index (χ2n) is 7.50. The number of carbonyl (C=O) groups is 2. The predicted molar refractivity (Wildman–Crippen MR) is 132 cm³/mol. The average molecular weight is 497 g/mol. The maximum atomic E-state index is 12.9. The first-order valence-electron chi connectivity index (χ1n) is 10.7. The zero-order chi connectivity index (χ0) is 24.1. The van der Waals surface area contributed by atoms with E-state index in [0.29, 0.717) is 38.2 Å². The molecule has 0 fully saturated rings. The molecule has 4 rings (SSSR count). The number of urea groups is 1. The highest BCUT2D eigenvalue weighted by molar-refractivity contribution is 6.35. The zero-order valence-electron chi connectivity index (χ0n) is 18.3. The van der Waals surface area contributed by atoms with Crippen LogP contribution in [0.3, 0.4) is 0 Å². The molecule has 0 radical (unpaired) electrons. The van der Waals surface area contributed by atoms with Crippen molar-refractivity contribution >= 4 is 40.9 Å². The van der Waals surface area contributed by atoms with E-state index in [-0.39, 0.29) is 13.2 Å². The third-order valence-corrected chi connectivity index (χ3v) is 5.84. The number of nitrogens with one attached hydrogen (secondary N) is 2. The second kappa shape index (κ2) is 10.6. The lowest BCUT2D eigenvalue weighted by molar-refractivity contribution is -0.138. The number of hydrogen-bond acceptors (Lipinski definition) is 4. The number of ether oxygens (including phenoxy) is 2. The third kappa shape index (κ3) is 5.35. The lowest BCUT2D eigenvalue weighted by Crippen LogP contribution is -2.45. The Hall–Kier alpha value is -3.48. The van der Waals surface area contributed by atoms with Crippen LogP contribution < -0.4 is 15.4 Å². The fraction of sp³-hybridized carbons (Fsp3) is 0.154. The molecule has 1 heterocycles. The molecule has 2 amide bonds. The van der Waals surface area contributed by atoms with Gasteiger partial charge in [0.25, 0.3) is 0 Å². The van der Waals surface area contributed by atoms with E-state index in [1.807, 2.05) is 36.4 Å². The molecule has 2 N–H and O–H groups in total. The summed E-state index contributed by atoms with van der Waals surface area (Å²) in [6, 6.07) is 20.5. The van der Waals surface area contributed by atoms with Crippen molar-refractivity contribution in [2.45, 2.75) is 19.6 Å². The van der Waals surface area contributed by atoms with Gasteiger partial charge in [0.15, 0.2) is 0 Å². The van der Waals surface area contributed by atoms with Crippen LogP contribution in [0.2, 0.25) is 10.0 Å². The average Bonchev–Trinajstić information content (AvgIpc) is 2.84. The van der Waals surface area contributed by atoms with Crippen molar-refractivity contribution in [2.75, 3.05) is 6.61 Å². The van der Waals surface area contributed by atoms with Crippen LogP contribution in [-0.4, -0.2) is 18.6 Å². The van der Waals surface area contributed by atoms with E-state index in [1.54, 1.807) is 43.3 Å². The standard InChI is InChI=1S/C26H22Cl2N2O4/c1-2-33-25(31)22-23(16-6-4-3-5-7-16)29-26(32)30-24(22)17-9-12-20(13-10-17)34-15-18-8-11-19(27)14-21(18)28/h3-14,24H,2,15H2,1H3,(H2,29,30,32)/t24-/m0/s1. The van der Waals surface area contributed by atoms with E-state index in [1.165, 1.54) is 0 Å². The molecule has 0 saturated carbocycles. The molecule has 0 aromatic heterocycles. The van der Waals surface area contributed by atoms with Crippen molar-refractivity contribution in [1.82, 2.24) is 10.6 Å². The van der Waals surface area contributed by atoms with Gasteiger partial charge in [0.1, 0.15) is 12.4 Å². The Bertz CT molecular complexity index is 1230. The maximum Gasteiger partial charge on any atom is 0.338 e. The van der Waals surface area contributed by atoms with Gasteiger partial charge in [-0.05, 0) is 42.3 Å². The van der Waals surface area contributed by atoms with Gasteiger partial charge >= 0.3 is 12.0 Å². The molecule has 1 aliphatic rings. The summed E-state index contributed by atoms with van der Waals surface area (Å²) in [7, 11) is 0. The Labute approximate surface area is 207 Å². The number of benzene rings is 3. The summed E-state index contributed by atoms with van der Waals surface area (Å²) in [6.07, 6.45) is 0. The van der Waals surface area contributed by atoms with E-state index >= 15 is 0 Å². The van der Waals surface area contributed by atoms with Gasteiger partial charge in [-0.15, -0.1) is 0 Å². The summed E-state index contributed by atoms with van der Waals surface area (Å²) in [5, 5.41) is 6.68. The first kappa shape index (κ1) is 23.7. The second-order valence-corrected chi connectivity index (χ2v) is 8.34. The van der Waals surface area contributed by atoms with Crippen LogP contribution in [0, 0.1) is 0 Å². The van der Waals surface area contributed by atoms with Crippen LogP contribution in [0.1, 0.15) is 29.7 Å². The normalized spacial score (nSPS) is 15.4.